The van der Waals surface area contributed by atoms with Crippen LogP contribution >= 0.6 is 0 Å². The van der Waals surface area contributed by atoms with E-state index in [0.29, 0.717) is 5.56 Å². The Balaban J connectivity index is 2.30. The Kier molecular flexibility index (Phi) is 3.77. The van der Waals surface area contributed by atoms with Crippen molar-refractivity contribution >= 4 is 5.69 Å². The summed E-state index contributed by atoms with van der Waals surface area (Å²) in [5.74, 6) is 0. The number of nitrogens with zero attached hydrogens (tertiary/aromatic N) is 1. The molecule has 100 valence electrons. The second-order valence-corrected chi connectivity index (χ2v) is 4.28. The van der Waals surface area contributed by atoms with E-state index in [1.165, 1.54) is 6.07 Å². The SMILES string of the molecule is NCc1cc(C(F)(F)F)ccc1N1CCNCC1. The lowest BCUT2D eigenvalue weighted by Gasteiger charge is -2.31. The highest BCUT2D eigenvalue weighted by molar-refractivity contribution is 5.55. The Morgan fingerprint density at radius 2 is 1.89 bits per heavy atom. The fourth-order valence-corrected chi connectivity index (χ4v) is 2.14. The summed E-state index contributed by atoms with van der Waals surface area (Å²) in [5.41, 5.74) is 6.28. The number of piperazine rings is 1. The predicted octanol–water partition coefficient (Wildman–Crippen LogP) is 1.57. The third-order valence-corrected chi connectivity index (χ3v) is 3.08. The van der Waals surface area contributed by atoms with Gasteiger partial charge < -0.3 is 16.0 Å². The normalized spacial score (nSPS) is 17.0. The number of alkyl halides is 3. The summed E-state index contributed by atoms with van der Waals surface area (Å²) in [6, 6.07) is 3.80. The summed E-state index contributed by atoms with van der Waals surface area (Å²) in [5, 5.41) is 3.20. The van der Waals surface area contributed by atoms with Gasteiger partial charge in [0.2, 0.25) is 0 Å². The monoisotopic (exact) mass is 259 g/mol. The van der Waals surface area contributed by atoms with Gasteiger partial charge in [-0.15, -0.1) is 0 Å². The lowest BCUT2D eigenvalue weighted by molar-refractivity contribution is -0.137. The van der Waals surface area contributed by atoms with Crippen LogP contribution in [0.2, 0.25) is 0 Å². The van der Waals surface area contributed by atoms with E-state index in [1.807, 2.05) is 0 Å². The number of hydrogen-bond donors (Lipinski definition) is 2. The molecule has 0 spiro atoms. The first kappa shape index (κ1) is 13.2. The summed E-state index contributed by atoms with van der Waals surface area (Å²) < 4.78 is 37.8. The van der Waals surface area contributed by atoms with E-state index in [-0.39, 0.29) is 6.54 Å². The standard InChI is InChI=1S/C12H16F3N3/c13-12(14,15)10-1-2-11(9(7-10)8-16)18-5-3-17-4-6-18/h1-2,7,17H,3-6,8,16H2. The molecule has 0 saturated carbocycles. The number of anilines is 1. The van der Waals surface area contributed by atoms with Gasteiger partial charge in [0, 0.05) is 38.4 Å². The van der Waals surface area contributed by atoms with Crippen LogP contribution in [0.3, 0.4) is 0 Å². The zero-order valence-electron chi connectivity index (χ0n) is 9.93. The van der Waals surface area contributed by atoms with Gasteiger partial charge in [-0.25, -0.2) is 0 Å². The highest BCUT2D eigenvalue weighted by Gasteiger charge is 2.31. The van der Waals surface area contributed by atoms with Crippen LogP contribution in [0, 0.1) is 0 Å². The summed E-state index contributed by atoms with van der Waals surface area (Å²) >= 11 is 0. The van der Waals surface area contributed by atoms with Crippen molar-refractivity contribution in [3.05, 3.63) is 29.3 Å². The van der Waals surface area contributed by atoms with Gasteiger partial charge in [-0.3, -0.25) is 0 Å². The maximum Gasteiger partial charge on any atom is 0.416 e. The van der Waals surface area contributed by atoms with Crippen LogP contribution in [0.1, 0.15) is 11.1 Å². The third kappa shape index (κ3) is 2.76. The number of nitrogens with one attached hydrogen (secondary N) is 1. The molecule has 0 radical (unpaired) electrons. The molecule has 1 saturated heterocycles. The quantitative estimate of drug-likeness (QED) is 0.847. The van der Waals surface area contributed by atoms with Crippen molar-refractivity contribution in [2.75, 3.05) is 31.1 Å². The minimum absolute atomic E-state index is 0.114. The summed E-state index contributed by atoms with van der Waals surface area (Å²) in [4.78, 5) is 2.07. The van der Waals surface area contributed by atoms with Gasteiger partial charge in [0.15, 0.2) is 0 Å². The molecule has 1 aliphatic heterocycles. The van der Waals surface area contributed by atoms with Gasteiger partial charge in [-0.2, -0.15) is 13.2 Å². The molecule has 1 aliphatic rings. The lowest BCUT2D eigenvalue weighted by atomic mass is 10.1. The Labute approximate surface area is 104 Å². The first-order chi connectivity index (χ1) is 8.52. The van der Waals surface area contributed by atoms with Gasteiger partial charge in [-0.05, 0) is 23.8 Å². The van der Waals surface area contributed by atoms with Crippen molar-refractivity contribution in [3.8, 4) is 0 Å². The van der Waals surface area contributed by atoms with E-state index in [9.17, 15) is 13.2 Å². The van der Waals surface area contributed by atoms with Gasteiger partial charge >= 0.3 is 6.18 Å². The first-order valence-corrected chi connectivity index (χ1v) is 5.88. The van der Waals surface area contributed by atoms with Crippen LogP contribution in [-0.4, -0.2) is 26.2 Å². The topological polar surface area (TPSA) is 41.3 Å². The second kappa shape index (κ2) is 5.16. The molecule has 1 aromatic carbocycles. The summed E-state index contributed by atoms with van der Waals surface area (Å²) in [6.07, 6.45) is -4.31. The van der Waals surface area contributed by atoms with E-state index in [2.05, 4.69) is 10.2 Å². The van der Waals surface area contributed by atoms with E-state index in [4.69, 9.17) is 5.73 Å². The fraction of sp³-hybridized carbons (Fsp3) is 0.500. The number of rotatable bonds is 2. The molecule has 0 aliphatic carbocycles. The molecule has 0 atom stereocenters. The molecule has 1 fully saturated rings. The number of nitrogens with two attached hydrogens (primary N) is 1. The zero-order valence-corrected chi connectivity index (χ0v) is 9.93. The largest absolute Gasteiger partial charge is 0.416 e. The average Bonchev–Trinajstić information content (AvgIpc) is 2.38. The Hall–Kier alpha value is -1.27. The number of benzene rings is 1. The molecule has 3 nitrogen and oxygen atoms in total. The molecule has 1 aromatic rings. The minimum atomic E-state index is -4.31. The van der Waals surface area contributed by atoms with E-state index >= 15 is 0 Å². The maximum absolute atomic E-state index is 12.6. The Morgan fingerprint density at radius 1 is 1.22 bits per heavy atom. The predicted molar refractivity (Wildman–Crippen MR) is 64.4 cm³/mol. The lowest BCUT2D eigenvalue weighted by Crippen LogP contribution is -2.44. The third-order valence-electron chi connectivity index (χ3n) is 3.08. The number of halogens is 3. The fourth-order valence-electron chi connectivity index (χ4n) is 2.14. The van der Waals surface area contributed by atoms with Crippen molar-refractivity contribution in [3.63, 3.8) is 0 Å². The molecular formula is C12H16F3N3. The van der Waals surface area contributed by atoms with Crippen molar-refractivity contribution in [2.45, 2.75) is 12.7 Å². The van der Waals surface area contributed by atoms with Crippen LogP contribution in [0.15, 0.2) is 18.2 Å². The molecule has 0 amide bonds. The van der Waals surface area contributed by atoms with E-state index in [0.717, 1.165) is 44.0 Å². The van der Waals surface area contributed by atoms with Gasteiger partial charge in [0.1, 0.15) is 0 Å². The van der Waals surface area contributed by atoms with Gasteiger partial charge in [-0.1, -0.05) is 0 Å². The molecule has 1 heterocycles. The van der Waals surface area contributed by atoms with E-state index < -0.39 is 11.7 Å². The molecule has 18 heavy (non-hydrogen) atoms. The van der Waals surface area contributed by atoms with E-state index in [1.54, 1.807) is 0 Å². The van der Waals surface area contributed by atoms with Crippen LogP contribution < -0.4 is 16.0 Å². The van der Waals surface area contributed by atoms with Gasteiger partial charge in [0.25, 0.3) is 0 Å². The second-order valence-electron chi connectivity index (χ2n) is 4.28. The first-order valence-electron chi connectivity index (χ1n) is 5.88. The van der Waals surface area contributed by atoms with Crippen LogP contribution in [0.5, 0.6) is 0 Å². The molecule has 0 unspecified atom stereocenters. The molecule has 6 heteroatoms. The van der Waals surface area contributed by atoms with Crippen LogP contribution in [0.25, 0.3) is 0 Å². The Morgan fingerprint density at radius 3 is 2.44 bits per heavy atom. The van der Waals surface area contributed by atoms with Crippen molar-refractivity contribution in [1.82, 2.24) is 5.32 Å². The zero-order chi connectivity index (χ0) is 13.2. The average molecular weight is 259 g/mol. The van der Waals surface area contributed by atoms with Crippen LogP contribution in [0.4, 0.5) is 18.9 Å². The van der Waals surface area contributed by atoms with Crippen molar-refractivity contribution in [2.24, 2.45) is 5.73 Å². The Bertz CT molecular complexity index is 412. The highest BCUT2D eigenvalue weighted by Crippen LogP contribution is 2.32. The van der Waals surface area contributed by atoms with Crippen molar-refractivity contribution in [1.29, 1.82) is 0 Å². The summed E-state index contributed by atoms with van der Waals surface area (Å²) in [7, 11) is 0. The molecule has 3 N–H and O–H groups in total. The molecule has 0 aromatic heterocycles. The van der Waals surface area contributed by atoms with Crippen LogP contribution in [-0.2, 0) is 12.7 Å². The van der Waals surface area contributed by atoms with Crippen molar-refractivity contribution < 1.29 is 13.2 Å². The molecular weight excluding hydrogens is 243 g/mol. The number of hydrogen-bond acceptors (Lipinski definition) is 3. The maximum atomic E-state index is 12.6. The minimum Gasteiger partial charge on any atom is -0.369 e. The molecule has 0 bridgehead atoms. The molecule has 2 rings (SSSR count). The highest BCUT2D eigenvalue weighted by atomic mass is 19.4. The smallest absolute Gasteiger partial charge is 0.369 e. The van der Waals surface area contributed by atoms with Gasteiger partial charge in [0.05, 0.1) is 5.56 Å². The summed E-state index contributed by atoms with van der Waals surface area (Å²) in [6.45, 7) is 3.37.